The van der Waals surface area contributed by atoms with Crippen molar-refractivity contribution in [2.24, 2.45) is 0 Å². The van der Waals surface area contributed by atoms with Gasteiger partial charge in [0.05, 0.1) is 12.2 Å². The fraction of sp³-hybridized carbons (Fsp3) is 0.188. The summed E-state index contributed by atoms with van der Waals surface area (Å²) in [5.41, 5.74) is 1.42. The van der Waals surface area contributed by atoms with Crippen molar-refractivity contribution in [3.63, 3.8) is 0 Å². The molecule has 106 valence electrons. The lowest BCUT2D eigenvalue weighted by molar-refractivity contribution is 0.0527. The van der Waals surface area contributed by atoms with Crippen LogP contribution in [0.15, 0.2) is 35.1 Å². The molecule has 0 atom stereocenters. The number of rotatable bonds is 3. The molecule has 0 bridgehead atoms. The van der Waals surface area contributed by atoms with Gasteiger partial charge in [0.2, 0.25) is 0 Å². The van der Waals surface area contributed by atoms with Gasteiger partial charge >= 0.3 is 5.97 Å². The molecule has 1 aromatic carbocycles. The van der Waals surface area contributed by atoms with Crippen LogP contribution in [0.1, 0.15) is 28.5 Å². The van der Waals surface area contributed by atoms with Crippen molar-refractivity contribution in [2.75, 3.05) is 6.61 Å². The summed E-state index contributed by atoms with van der Waals surface area (Å²) >= 11 is 0. The van der Waals surface area contributed by atoms with Crippen LogP contribution in [0, 0.1) is 18.3 Å². The van der Waals surface area contributed by atoms with Gasteiger partial charge in [0.1, 0.15) is 11.6 Å². The molecule has 0 saturated carbocycles. The van der Waals surface area contributed by atoms with E-state index >= 15 is 0 Å². The van der Waals surface area contributed by atoms with Gasteiger partial charge in [-0.1, -0.05) is 18.2 Å². The number of aryl methyl sites for hydroxylation is 1. The van der Waals surface area contributed by atoms with Gasteiger partial charge in [0.25, 0.3) is 5.56 Å². The number of H-pyrrole nitrogens is 1. The van der Waals surface area contributed by atoms with Crippen LogP contribution < -0.4 is 5.56 Å². The lowest BCUT2D eigenvalue weighted by Gasteiger charge is -2.10. The highest BCUT2D eigenvalue weighted by atomic mass is 16.5. The van der Waals surface area contributed by atoms with Crippen LogP contribution >= 0.6 is 0 Å². The predicted molar refractivity (Wildman–Crippen MR) is 77.9 cm³/mol. The van der Waals surface area contributed by atoms with Crippen LogP contribution in [0.5, 0.6) is 0 Å². The first-order valence-electron chi connectivity index (χ1n) is 6.49. The Balaban J connectivity index is 2.72. The lowest BCUT2D eigenvalue weighted by atomic mass is 9.96. The average molecular weight is 282 g/mol. The third-order valence-corrected chi connectivity index (χ3v) is 2.99. The van der Waals surface area contributed by atoms with Crippen molar-refractivity contribution in [1.29, 1.82) is 5.26 Å². The Hall–Kier alpha value is -2.87. The fourth-order valence-electron chi connectivity index (χ4n) is 2.12. The largest absolute Gasteiger partial charge is 0.462 e. The van der Waals surface area contributed by atoms with E-state index in [2.05, 4.69) is 4.98 Å². The monoisotopic (exact) mass is 282 g/mol. The molecular formula is C16H14N2O3. The first-order valence-corrected chi connectivity index (χ1v) is 6.49. The Morgan fingerprint density at radius 3 is 2.71 bits per heavy atom. The molecular weight excluding hydrogens is 268 g/mol. The van der Waals surface area contributed by atoms with E-state index in [1.807, 2.05) is 6.07 Å². The Bertz CT molecular complexity index is 785. The predicted octanol–water partition coefficient (Wildman–Crippen LogP) is 2.40. The first kappa shape index (κ1) is 14.5. The number of aromatic amines is 1. The number of carbonyl (C=O) groups excluding carboxylic acids is 1. The van der Waals surface area contributed by atoms with Gasteiger partial charge < -0.3 is 9.72 Å². The van der Waals surface area contributed by atoms with Crippen molar-refractivity contribution in [1.82, 2.24) is 4.98 Å². The molecule has 0 saturated heterocycles. The molecule has 5 heteroatoms. The number of benzene rings is 1. The summed E-state index contributed by atoms with van der Waals surface area (Å²) in [7, 11) is 0. The number of nitriles is 1. The van der Waals surface area contributed by atoms with Crippen LogP contribution in [-0.2, 0) is 4.74 Å². The number of ether oxygens (including phenoxy) is 1. The van der Waals surface area contributed by atoms with Crippen LogP contribution in [0.2, 0.25) is 0 Å². The molecule has 0 aliphatic heterocycles. The molecule has 2 aromatic rings. The third-order valence-electron chi connectivity index (χ3n) is 2.99. The number of esters is 1. The molecule has 0 fully saturated rings. The molecule has 0 spiro atoms. The summed E-state index contributed by atoms with van der Waals surface area (Å²) in [6, 6.07) is 10.3. The van der Waals surface area contributed by atoms with Gasteiger partial charge in [-0.25, -0.2) is 4.79 Å². The van der Waals surface area contributed by atoms with Crippen molar-refractivity contribution in [3.8, 4) is 17.2 Å². The fourth-order valence-corrected chi connectivity index (χ4v) is 2.12. The van der Waals surface area contributed by atoms with Gasteiger partial charge in [0, 0.05) is 11.3 Å². The number of nitrogens with zero attached hydrogens (tertiary/aromatic N) is 1. The Morgan fingerprint density at radius 2 is 2.05 bits per heavy atom. The van der Waals surface area contributed by atoms with Crippen LogP contribution in [-0.4, -0.2) is 17.6 Å². The van der Waals surface area contributed by atoms with Gasteiger partial charge in [0.15, 0.2) is 0 Å². The van der Waals surface area contributed by atoms with E-state index in [0.29, 0.717) is 22.4 Å². The van der Waals surface area contributed by atoms with E-state index in [-0.39, 0.29) is 12.2 Å². The molecule has 1 aromatic heterocycles. The molecule has 1 N–H and O–H groups in total. The summed E-state index contributed by atoms with van der Waals surface area (Å²) < 4.78 is 5.02. The van der Waals surface area contributed by atoms with Gasteiger partial charge in [-0.2, -0.15) is 5.26 Å². The van der Waals surface area contributed by atoms with Crippen LogP contribution in [0.4, 0.5) is 0 Å². The minimum atomic E-state index is -0.477. The topological polar surface area (TPSA) is 83.0 Å². The van der Waals surface area contributed by atoms with Crippen molar-refractivity contribution in [3.05, 3.63) is 57.5 Å². The van der Waals surface area contributed by atoms with Crippen molar-refractivity contribution < 1.29 is 9.53 Å². The standard InChI is InChI=1S/C16H14N2O3/c1-3-21-16(20)12-7-5-4-6-11(12)13-8-10(2)18-15(19)14(13)9-17/h4-8H,3H2,1-2H3,(H,18,19). The van der Waals surface area contributed by atoms with E-state index in [1.165, 1.54) is 0 Å². The Kier molecular flexibility index (Phi) is 4.19. The second-order valence-electron chi connectivity index (χ2n) is 4.45. The molecule has 0 aliphatic carbocycles. The minimum absolute atomic E-state index is 0.0163. The maximum Gasteiger partial charge on any atom is 0.338 e. The summed E-state index contributed by atoms with van der Waals surface area (Å²) in [5.74, 6) is -0.477. The molecule has 0 radical (unpaired) electrons. The zero-order chi connectivity index (χ0) is 15.4. The minimum Gasteiger partial charge on any atom is -0.462 e. The van der Waals surface area contributed by atoms with E-state index in [4.69, 9.17) is 4.74 Å². The summed E-state index contributed by atoms with van der Waals surface area (Å²) in [5, 5.41) is 9.20. The van der Waals surface area contributed by atoms with Gasteiger partial charge in [-0.3, -0.25) is 4.79 Å². The zero-order valence-corrected chi connectivity index (χ0v) is 11.8. The molecule has 2 rings (SSSR count). The third kappa shape index (κ3) is 2.84. The van der Waals surface area contributed by atoms with E-state index < -0.39 is 11.5 Å². The maximum atomic E-state index is 12.0. The maximum absolute atomic E-state index is 12.0. The van der Waals surface area contributed by atoms with E-state index in [0.717, 1.165) is 0 Å². The second-order valence-corrected chi connectivity index (χ2v) is 4.45. The zero-order valence-electron chi connectivity index (χ0n) is 11.8. The number of aromatic nitrogens is 1. The number of hydrogen-bond donors (Lipinski definition) is 1. The molecule has 0 amide bonds. The molecule has 0 aliphatic rings. The quantitative estimate of drug-likeness (QED) is 0.876. The summed E-state index contributed by atoms with van der Waals surface area (Å²) in [4.78, 5) is 26.5. The van der Waals surface area contributed by atoms with Crippen molar-refractivity contribution >= 4 is 5.97 Å². The van der Waals surface area contributed by atoms with E-state index in [9.17, 15) is 14.9 Å². The van der Waals surface area contributed by atoms with Crippen LogP contribution in [0.25, 0.3) is 11.1 Å². The average Bonchev–Trinajstić information content (AvgIpc) is 2.47. The number of hydrogen-bond acceptors (Lipinski definition) is 4. The van der Waals surface area contributed by atoms with Gasteiger partial charge in [-0.05, 0) is 31.5 Å². The smallest absolute Gasteiger partial charge is 0.338 e. The first-order chi connectivity index (χ1) is 10.1. The van der Waals surface area contributed by atoms with E-state index in [1.54, 1.807) is 44.2 Å². The summed E-state index contributed by atoms with van der Waals surface area (Å²) in [6.07, 6.45) is 0. The Labute approximate surface area is 121 Å². The molecule has 21 heavy (non-hydrogen) atoms. The van der Waals surface area contributed by atoms with Gasteiger partial charge in [-0.15, -0.1) is 0 Å². The lowest BCUT2D eigenvalue weighted by Crippen LogP contribution is -2.14. The second kappa shape index (κ2) is 6.06. The van der Waals surface area contributed by atoms with Crippen LogP contribution in [0.3, 0.4) is 0 Å². The van der Waals surface area contributed by atoms with Crippen molar-refractivity contribution in [2.45, 2.75) is 13.8 Å². The number of pyridine rings is 1. The highest BCUT2D eigenvalue weighted by molar-refractivity contribution is 5.98. The SMILES string of the molecule is CCOC(=O)c1ccccc1-c1cc(C)[nH]c(=O)c1C#N. The highest BCUT2D eigenvalue weighted by Gasteiger charge is 2.17. The Morgan fingerprint density at radius 1 is 1.33 bits per heavy atom. The number of nitrogens with one attached hydrogen (secondary N) is 1. The number of carbonyl (C=O) groups is 1. The molecule has 1 heterocycles. The molecule has 0 unspecified atom stereocenters. The summed E-state index contributed by atoms with van der Waals surface area (Å²) in [6.45, 7) is 3.70. The molecule has 5 nitrogen and oxygen atoms in total. The normalized spacial score (nSPS) is 9.95. The highest BCUT2D eigenvalue weighted by Crippen LogP contribution is 2.26.